The van der Waals surface area contributed by atoms with E-state index in [1.54, 1.807) is 0 Å². The molecule has 0 spiro atoms. The van der Waals surface area contributed by atoms with Crippen molar-refractivity contribution in [1.29, 1.82) is 0 Å². The molecular weight excluding hydrogens is 291 g/mol. The first-order chi connectivity index (χ1) is 9.61. The van der Waals surface area contributed by atoms with Gasteiger partial charge in [-0.2, -0.15) is 0 Å². The van der Waals surface area contributed by atoms with Crippen LogP contribution in [0.3, 0.4) is 0 Å². The van der Waals surface area contributed by atoms with Crippen LogP contribution >= 0.6 is 23.2 Å². The molecule has 0 aliphatic heterocycles. The lowest BCUT2D eigenvalue weighted by Gasteiger charge is -2.22. The Kier molecular flexibility index (Phi) is 5.41. The Morgan fingerprint density at radius 1 is 1.15 bits per heavy atom. The Labute approximate surface area is 130 Å². The van der Waals surface area contributed by atoms with Crippen molar-refractivity contribution in [1.82, 2.24) is 10.3 Å². The van der Waals surface area contributed by atoms with Crippen LogP contribution in [0.15, 0.2) is 42.6 Å². The Hall–Kier alpha value is -1.09. The number of rotatable bonds is 5. The maximum Gasteiger partial charge on any atom is 0.0595 e. The Balaban J connectivity index is 2.14. The minimum Gasteiger partial charge on any atom is -0.302 e. The average Bonchev–Trinajstić information content (AvgIpc) is 2.48. The van der Waals surface area contributed by atoms with Crippen molar-refractivity contribution >= 4 is 23.2 Å². The van der Waals surface area contributed by atoms with Gasteiger partial charge in [0.15, 0.2) is 0 Å². The fraction of sp³-hybridized carbons (Fsp3) is 0.312. The minimum atomic E-state index is 0.176. The lowest BCUT2D eigenvalue weighted by Crippen LogP contribution is -2.24. The van der Waals surface area contributed by atoms with Gasteiger partial charge in [0.2, 0.25) is 0 Å². The van der Waals surface area contributed by atoms with Gasteiger partial charge in [-0.05, 0) is 43.2 Å². The number of nitrogens with zero attached hydrogens (tertiary/aromatic N) is 1. The molecule has 106 valence electrons. The van der Waals surface area contributed by atoms with E-state index in [2.05, 4.69) is 24.1 Å². The van der Waals surface area contributed by atoms with Gasteiger partial charge in [-0.3, -0.25) is 4.98 Å². The lowest BCUT2D eigenvalue weighted by atomic mass is 10.0. The summed E-state index contributed by atoms with van der Waals surface area (Å²) in [5.74, 6) is 0. The molecule has 0 aliphatic rings. The molecule has 2 rings (SSSR count). The van der Waals surface area contributed by atoms with E-state index in [9.17, 15) is 0 Å². The third-order valence-electron chi connectivity index (χ3n) is 3.34. The molecule has 0 bridgehead atoms. The van der Waals surface area contributed by atoms with Crippen LogP contribution in [-0.2, 0) is 0 Å². The molecule has 2 atom stereocenters. The van der Waals surface area contributed by atoms with Crippen molar-refractivity contribution in [3.05, 3.63) is 63.9 Å². The van der Waals surface area contributed by atoms with E-state index in [-0.39, 0.29) is 12.1 Å². The zero-order valence-corrected chi connectivity index (χ0v) is 13.1. The van der Waals surface area contributed by atoms with Crippen LogP contribution in [0.2, 0.25) is 10.0 Å². The molecular formula is C16H18Cl2N2. The van der Waals surface area contributed by atoms with Gasteiger partial charge in [0.05, 0.1) is 15.7 Å². The number of halogens is 2. The van der Waals surface area contributed by atoms with Gasteiger partial charge >= 0.3 is 0 Å². The summed E-state index contributed by atoms with van der Waals surface area (Å²) in [6.45, 7) is 4.26. The molecule has 20 heavy (non-hydrogen) atoms. The summed E-state index contributed by atoms with van der Waals surface area (Å²) in [5, 5.41) is 4.76. The molecule has 0 amide bonds. The van der Waals surface area contributed by atoms with E-state index < -0.39 is 0 Å². The molecule has 0 radical (unpaired) electrons. The number of hydrogen-bond acceptors (Lipinski definition) is 2. The molecule has 4 heteroatoms. The molecule has 1 aromatic carbocycles. The highest BCUT2D eigenvalue weighted by atomic mass is 35.5. The summed E-state index contributed by atoms with van der Waals surface area (Å²) in [4.78, 5) is 4.38. The molecule has 1 N–H and O–H groups in total. The van der Waals surface area contributed by atoms with Crippen LogP contribution in [0.4, 0.5) is 0 Å². The average molecular weight is 309 g/mol. The standard InChI is InChI=1S/C16H18Cl2N2/c1-3-15(12-7-8-13(17)14(18)10-12)20-11(2)16-6-4-5-9-19-16/h4-11,15,20H,3H2,1-2H3/t11-,15?/m1/s1. The van der Waals surface area contributed by atoms with Gasteiger partial charge in [0, 0.05) is 18.3 Å². The summed E-state index contributed by atoms with van der Waals surface area (Å²) in [7, 11) is 0. The van der Waals surface area contributed by atoms with Gasteiger partial charge in [0.1, 0.15) is 0 Å². The number of pyridine rings is 1. The van der Waals surface area contributed by atoms with Crippen LogP contribution in [0.5, 0.6) is 0 Å². The SMILES string of the molecule is CCC(N[C@H](C)c1ccccn1)c1ccc(Cl)c(Cl)c1. The van der Waals surface area contributed by atoms with E-state index in [1.807, 2.05) is 42.6 Å². The summed E-state index contributed by atoms with van der Waals surface area (Å²) < 4.78 is 0. The zero-order chi connectivity index (χ0) is 14.5. The summed E-state index contributed by atoms with van der Waals surface area (Å²) >= 11 is 12.1. The maximum absolute atomic E-state index is 6.10. The second-order valence-electron chi connectivity index (χ2n) is 4.78. The van der Waals surface area contributed by atoms with Gasteiger partial charge < -0.3 is 5.32 Å². The Morgan fingerprint density at radius 3 is 2.55 bits per heavy atom. The minimum absolute atomic E-state index is 0.176. The smallest absolute Gasteiger partial charge is 0.0595 e. The van der Waals surface area contributed by atoms with Crippen molar-refractivity contribution in [2.75, 3.05) is 0 Å². The largest absolute Gasteiger partial charge is 0.302 e. The van der Waals surface area contributed by atoms with E-state index >= 15 is 0 Å². The molecule has 1 heterocycles. The van der Waals surface area contributed by atoms with E-state index in [4.69, 9.17) is 23.2 Å². The second-order valence-corrected chi connectivity index (χ2v) is 5.59. The van der Waals surface area contributed by atoms with Crippen LogP contribution in [0.1, 0.15) is 43.6 Å². The fourth-order valence-electron chi connectivity index (χ4n) is 2.20. The van der Waals surface area contributed by atoms with Gasteiger partial charge in [-0.15, -0.1) is 0 Å². The number of hydrogen-bond donors (Lipinski definition) is 1. The van der Waals surface area contributed by atoms with Crippen LogP contribution < -0.4 is 5.32 Å². The van der Waals surface area contributed by atoms with Gasteiger partial charge in [-0.25, -0.2) is 0 Å². The van der Waals surface area contributed by atoms with E-state index in [1.165, 1.54) is 0 Å². The number of aromatic nitrogens is 1. The molecule has 0 aliphatic carbocycles. The lowest BCUT2D eigenvalue weighted by molar-refractivity contribution is 0.450. The highest BCUT2D eigenvalue weighted by molar-refractivity contribution is 6.42. The zero-order valence-electron chi connectivity index (χ0n) is 11.6. The molecule has 2 nitrogen and oxygen atoms in total. The number of nitrogens with one attached hydrogen (secondary N) is 1. The summed E-state index contributed by atoms with van der Waals surface area (Å²) in [6.07, 6.45) is 2.78. The summed E-state index contributed by atoms with van der Waals surface area (Å²) in [6, 6.07) is 12.1. The summed E-state index contributed by atoms with van der Waals surface area (Å²) in [5.41, 5.74) is 2.18. The second kappa shape index (κ2) is 7.07. The molecule has 0 saturated carbocycles. The predicted octanol–water partition coefficient (Wildman–Crippen LogP) is 5.19. The van der Waals surface area contributed by atoms with Crippen molar-refractivity contribution < 1.29 is 0 Å². The molecule has 1 aromatic heterocycles. The van der Waals surface area contributed by atoms with E-state index in [0.29, 0.717) is 10.0 Å². The first-order valence-electron chi connectivity index (χ1n) is 6.73. The molecule has 0 fully saturated rings. The van der Waals surface area contributed by atoms with Crippen molar-refractivity contribution in [2.45, 2.75) is 32.4 Å². The third-order valence-corrected chi connectivity index (χ3v) is 4.08. The molecule has 1 unspecified atom stereocenters. The van der Waals surface area contributed by atoms with Crippen molar-refractivity contribution in [3.8, 4) is 0 Å². The first kappa shape index (κ1) is 15.3. The highest BCUT2D eigenvalue weighted by Crippen LogP contribution is 2.28. The highest BCUT2D eigenvalue weighted by Gasteiger charge is 2.15. The quantitative estimate of drug-likeness (QED) is 0.822. The topological polar surface area (TPSA) is 24.9 Å². The molecule has 0 saturated heterocycles. The van der Waals surface area contributed by atoms with Crippen molar-refractivity contribution in [3.63, 3.8) is 0 Å². The van der Waals surface area contributed by atoms with E-state index in [0.717, 1.165) is 17.7 Å². The Morgan fingerprint density at radius 2 is 1.95 bits per heavy atom. The van der Waals surface area contributed by atoms with Gasteiger partial charge in [0.25, 0.3) is 0 Å². The maximum atomic E-state index is 6.10. The van der Waals surface area contributed by atoms with Crippen LogP contribution in [-0.4, -0.2) is 4.98 Å². The number of benzene rings is 1. The monoisotopic (exact) mass is 308 g/mol. The first-order valence-corrected chi connectivity index (χ1v) is 7.49. The Bertz CT molecular complexity index is 558. The van der Waals surface area contributed by atoms with Gasteiger partial charge in [-0.1, -0.05) is 42.3 Å². The van der Waals surface area contributed by atoms with Crippen LogP contribution in [0.25, 0.3) is 0 Å². The van der Waals surface area contributed by atoms with Crippen LogP contribution in [0, 0.1) is 0 Å². The molecule has 2 aromatic rings. The predicted molar refractivity (Wildman–Crippen MR) is 85.3 cm³/mol. The fourth-order valence-corrected chi connectivity index (χ4v) is 2.50. The normalized spacial score (nSPS) is 14.0. The van der Waals surface area contributed by atoms with Crippen molar-refractivity contribution in [2.24, 2.45) is 0 Å². The third kappa shape index (κ3) is 3.72.